The number of aryl methyl sites for hydroxylation is 1. The van der Waals surface area contributed by atoms with E-state index < -0.39 is 0 Å². The lowest BCUT2D eigenvalue weighted by Crippen LogP contribution is -2.42. The summed E-state index contributed by atoms with van der Waals surface area (Å²) in [5.74, 6) is 0.826. The molecule has 1 aliphatic rings. The number of hydrogen-bond acceptors (Lipinski definition) is 4. The van der Waals surface area contributed by atoms with Crippen LogP contribution < -0.4 is 4.74 Å². The summed E-state index contributed by atoms with van der Waals surface area (Å²) in [6, 6.07) is 9.37. The number of rotatable bonds is 5. The lowest BCUT2D eigenvalue weighted by molar-refractivity contribution is -0.135. The van der Waals surface area contributed by atoms with E-state index in [0.717, 1.165) is 5.69 Å². The Morgan fingerprint density at radius 1 is 1.35 bits per heavy atom. The van der Waals surface area contributed by atoms with E-state index in [0.29, 0.717) is 25.4 Å². The average molecular weight is 315 g/mol. The van der Waals surface area contributed by atoms with Gasteiger partial charge in [0.25, 0.3) is 5.91 Å². The molecule has 2 aromatic rings. The third kappa shape index (κ3) is 3.37. The van der Waals surface area contributed by atoms with Crippen LogP contribution in [0, 0.1) is 0 Å². The summed E-state index contributed by atoms with van der Waals surface area (Å²) in [6.07, 6.45) is 1.88. The topological polar surface area (TPSA) is 56.6 Å². The highest BCUT2D eigenvalue weighted by molar-refractivity contribution is 5.78. The van der Waals surface area contributed by atoms with E-state index in [1.165, 1.54) is 5.56 Å². The minimum Gasteiger partial charge on any atom is -0.484 e. The van der Waals surface area contributed by atoms with Crippen molar-refractivity contribution in [2.45, 2.75) is 12.5 Å². The summed E-state index contributed by atoms with van der Waals surface area (Å²) in [5.41, 5.74) is 2.23. The van der Waals surface area contributed by atoms with Crippen molar-refractivity contribution in [3.63, 3.8) is 0 Å². The van der Waals surface area contributed by atoms with Gasteiger partial charge < -0.3 is 14.4 Å². The molecule has 0 saturated heterocycles. The largest absolute Gasteiger partial charge is 0.484 e. The van der Waals surface area contributed by atoms with E-state index >= 15 is 0 Å². The second-order valence-electron chi connectivity index (χ2n) is 5.70. The van der Waals surface area contributed by atoms with Crippen LogP contribution >= 0.6 is 0 Å². The molecule has 0 aliphatic carbocycles. The van der Waals surface area contributed by atoms with Gasteiger partial charge in [0.15, 0.2) is 6.61 Å². The second kappa shape index (κ2) is 6.83. The SMILES string of the molecule is COCC1CN(C(=O)COc2ccccc2)Cc2c1cnn2C. The molecule has 1 unspecified atom stereocenters. The number of hydrogen-bond donors (Lipinski definition) is 0. The van der Waals surface area contributed by atoms with Crippen LogP contribution in [0.3, 0.4) is 0 Å². The van der Waals surface area contributed by atoms with Gasteiger partial charge in [-0.05, 0) is 12.1 Å². The molecular weight excluding hydrogens is 294 g/mol. The number of amides is 1. The van der Waals surface area contributed by atoms with Crippen LogP contribution in [0.1, 0.15) is 17.2 Å². The number of methoxy groups -OCH3 is 1. The summed E-state index contributed by atoms with van der Waals surface area (Å²) in [5, 5.41) is 4.31. The van der Waals surface area contributed by atoms with Crippen molar-refractivity contribution in [3.05, 3.63) is 47.8 Å². The first kappa shape index (κ1) is 15.6. The first-order valence-electron chi connectivity index (χ1n) is 7.64. The molecule has 1 amide bonds. The Morgan fingerprint density at radius 2 is 2.13 bits per heavy atom. The Kier molecular flexibility index (Phi) is 4.62. The fourth-order valence-electron chi connectivity index (χ4n) is 2.91. The van der Waals surface area contributed by atoms with Crippen molar-refractivity contribution >= 4 is 5.91 Å². The molecule has 0 spiro atoms. The molecule has 23 heavy (non-hydrogen) atoms. The highest BCUT2D eigenvalue weighted by Gasteiger charge is 2.30. The number of carbonyl (C=O) groups is 1. The van der Waals surface area contributed by atoms with Gasteiger partial charge in [0, 0.05) is 32.2 Å². The van der Waals surface area contributed by atoms with Gasteiger partial charge >= 0.3 is 0 Å². The molecule has 0 radical (unpaired) electrons. The number of para-hydroxylation sites is 1. The Labute approximate surface area is 135 Å². The van der Waals surface area contributed by atoms with Crippen LogP contribution in [-0.2, 0) is 23.1 Å². The number of nitrogens with zero attached hydrogens (tertiary/aromatic N) is 3. The van der Waals surface area contributed by atoms with Gasteiger partial charge in [-0.2, -0.15) is 5.10 Å². The second-order valence-corrected chi connectivity index (χ2v) is 5.70. The summed E-state index contributed by atoms with van der Waals surface area (Å²) >= 11 is 0. The minimum atomic E-state index is -0.0261. The van der Waals surface area contributed by atoms with Crippen molar-refractivity contribution in [1.29, 1.82) is 0 Å². The van der Waals surface area contributed by atoms with Crippen LogP contribution in [0.25, 0.3) is 0 Å². The fraction of sp³-hybridized carbons (Fsp3) is 0.412. The lowest BCUT2D eigenvalue weighted by atomic mass is 9.95. The molecule has 6 nitrogen and oxygen atoms in total. The lowest BCUT2D eigenvalue weighted by Gasteiger charge is -2.32. The summed E-state index contributed by atoms with van der Waals surface area (Å²) in [7, 11) is 3.58. The Hall–Kier alpha value is -2.34. The summed E-state index contributed by atoms with van der Waals surface area (Å²) in [4.78, 5) is 14.3. The van der Waals surface area contributed by atoms with E-state index in [2.05, 4.69) is 5.10 Å². The molecule has 0 N–H and O–H groups in total. The maximum Gasteiger partial charge on any atom is 0.260 e. The van der Waals surface area contributed by atoms with Crippen molar-refractivity contribution in [2.24, 2.45) is 7.05 Å². The monoisotopic (exact) mass is 315 g/mol. The van der Waals surface area contributed by atoms with Gasteiger partial charge in [0.05, 0.1) is 25.0 Å². The first-order valence-corrected chi connectivity index (χ1v) is 7.64. The molecular formula is C17H21N3O3. The van der Waals surface area contributed by atoms with E-state index in [4.69, 9.17) is 9.47 Å². The van der Waals surface area contributed by atoms with Crippen LogP contribution in [0.5, 0.6) is 5.75 Å². The molecule has 1 aliphatic heterocycles. The highest BCUT2D eigenvalue weighted by atomic mass is 16.5. The third-order valence-corrected chi connectivity index (χ3v) is 4.14. The maximum atomic E-state index is 12.5. The van der Waals surface area contributed by atoms with Gasteiger partial charge in [-0.3, -0.25) is 9.48 Å². The smallest absolute Gasteiger partial charge is 0.260 e. The Morgan fingerprint density at radius 3 is 2.87 bits per heavy atom. The average Bonchev–Trinajstić information content (AvgIpc) is 2.95. The molecule has 1 aromatic carbocycles. The standard InChI is InChI=1S/C17H21N3O3/c1-19-16-10-20(9-13(11-22-2)15(16)8-18-19)17(21)12-23-14-6-4-3-5-7-14/h3-8,13H,9-12H2,1-2H3. The number of benzene rings is 1. The highest BCUT2D eigenvalue weighted by Crippen LogP contribution is 2.28. The zero-order valence-electron chi connectivity index (χ0n) is 13.4. The van der Waals surface area contributed by atoms with Crippen molar-refractivity contribution in [3.8, 4) is 5.75 Å². The Bertz CT molecular complexity index is 669. The quantitative estimate of drug-likeness (QED) is 0.840. The van der Waals surface area contributed by atoms with E-state index in [9.17, 15) is 4.79 Å². The molecule has 0 fully saturated rings. The molecule has 2 heterocycles. The van der Waals surface area contributed by atoms with E-state index in [-0.39, 0.29) is 18.4 Å². The molecule has 122 valence electrons. The predicted molar refractivity (Wildman–Crippen MR) is 85.2 cm³/mol. The Balaban J connectivity index is 1.68. The van der Waals surface area contributed by atoms with Crippen molar-refractivity contribution < 1.29 is 14.3 Å². The van der Waals surface area contributed by atoms with Crippen molar-refractivity contribution in [1.82, 2.24) is 14.7 Å². The predicted octanol–water partition coefficient (Wildman–Crippen LogP) is 1.57. The normalized spacial score (nSPS) is 17.0. The van der Waals surface area contributed by atoms with Crippen LogP contribution in [-0.4, -0.2) is 47.5 Å². The van der Waals surface area contributed by atoms with Gasteiger partial charge in [-0.15, -0.1) is 0 Å². The number of carbonyl (C=O) groups excluding carboxylic acids is 1. The number of ether oxygens (including phenoxy) is 2. The van der Waals surface area contributed by atoms with E-state index in [1.807, 2.05) is 53.2 Å². The molecule has 3 rings (SSSR count). The van der Waals surface area contributed by atoms with Crippen molar-refractivity contribution in [2.75, 3.05) is 26.9 Å². The third-order valence-electron chi connectivity index (χ3n) is 4.14. The minimum absolute atomic E-state index is 0.0261. The maximum absolute atomic E-state index is 12.5. The molecule has 1 aromatic heterocycles. The fourth-order valence-corrected chi connectivity index (χ4v) is 2.91. The molecule has 0 bridgehead atoms. The van der Waals surface area contributed by atoms with Gasteiger partial charge in [0.2, 0.25) is 0 Å². The first-order chi connectivity index (χ1) is 11.2. The molecule has 1 atom stereocenters. The summed E-state index contributed by atoms with van der Waals surface area (Å²) < 4.78 is 12.7. The zero-order valence-corrected chi connectivity index (χ0v) is 13.4. The van der Waals surface area contributed by atoms with Gasteiger partial charge in [0.1, 0.15) is 5.75 Å². The summed E-state index contributed by atoms with van der Waals surface area (Å²) in [6.45, 7) is 1.80. The molecule has 6 heteroatoms. The zero-order chi connectivity index (χ0) is 16.2. The van der Waals surface area contributed by atoms with Gasteiger partial charge in [-0.1, -0.05) is 18.2 Å². The van der Waals surface area contributed by atoms with Crippen LogP contribution in [0.2, 0.25) is 0 Å². The number of fused-ring (bicyclic) bond motifs is 1. The molecule has 0 saturated carbocycles. The number of aromatic nitrogens is 2. The van der Waals surface area contributed by atoms with Crippen LogP contribution in [0.15, 0.2) is 36.5 Å². The van der Waals surface area contributed by atoms with E-state index in [1.54, 1.807) is 7.11 Å². The van der Waals surface area contributed by atoms with Crippen LogP contribution in [0.4, 0.5) is 0 Å². The van der Waals surface area contributed by atoms with Gasteiger partial charge in [-0.25, -0.2) is 0 Å².